The third-order valence-corrected chi connectivity index (χ3v) is 5.22. The second-order valence-electron chi connectivity index (χ2n) is 6.57. The van der Waals surface area contributed by atoms with Gasteiger partial charge in [-0.3, -0.25) is 19.3 Å². The van der Waals surface area contributed by atoms with Crippen LogP contribution in [0.3, 0.4) is 0 Å². The Hall–Kier alpha value is -2.86. The van der Waals surface area contributed by atoms with Crippen molar-refractivity contribution < 1.29 is 14.4 Å². The first-order valence-corrected chi connectivity index (χ1v) is 9.22. The van der Waals surface area contributed by atoms with Crippen molar-refractivity contribution in [2.24, 2.45) is 0 Å². The van der Waals surface area contributed by atoms with Gasteiger partial charge in [0.25, 0.3) is 5.91 Å². The predicted molar refractivity (Wildman–Crippen MR) is 104 cm³/mol. The zero-order valence-corrected chi connectivity index (χ0v) is 15.5. The molecule has 1 N–H and O–H groups in total. The maximum absolute atomic E-state index is 12.8. The topological polar surface area (TPSA) is 69.7 Å². The minimum Gasteiger partial charge on any atom is -0.322 e. The summed E-state index contributed by atoms with van der Waals surface area (Å²) in [5.41, 5.74) is 2.32. The number of nitrogens with zero attached hydrogens (tertiary/aromatic N) is 2. The molecule has 0 unspecified atom stereocenters. The van der Waals surface area contributed by atoms with E-state index in [0.717, 1.165) is 0 Å². The van der Waals surface area contributed by atoms with Gasteiger partial charge >= 0.3 is 0 Å². The molecule has 1 atom stereocenters. The van der Waals surface area contributed by atoms with Gasteiger partial charge in [0, 0.05) is 29.2 Å². The Morgan fingerprint density at radius 2 is 1.89 bits per heavy atom. The molecule has 27 heavy (non-hydrogen) atoms. The maximum atomic E-state index is 12.8. The Kier molecular flexibility index (Phi) is 4.36. The number of rotatable bonds is 3. The van der Waals surface area contributed by atoms with Gasteiger partial charge < -0.3 is 10.2 Å². The Balaban J connectivity index is 1.68. The van der Waals surface area contributed by atoms with Gasteiger partial charge in [-0.2, -0.15) is 0 Å². The fourth-order valence-corrected chi connectivity index (χ4v) is 3.79. The van der Waals surface area contributed by atoms with Gasteiger partial charge in [-0.25, -0.2) is 0 Å². The van der Waals surface area contributed by atoms with Crippen molar-refractivity contribution in [3.05, 3.63) is 53.1 Å². The van der Waals surface area contributed by atoms with Crippen LogP contribution < -0.4 is 15.1 Å². The monoisotopic (exact) mass is 383 g/mol. The number of carbonyl (C=O) groups excluding carboxylic acids is 3. The molecule has 2 aliphatic heterocycles. The van der Waals surface area contributed by atoms with Gasteiger partial charge in [-0.15, -0.1) is 0 Å². The third-order valence-electron chi connectivity index (χ3n) is 4.97. The molecule has 1 saturated heterocycles. The molecule has 0 radical (unpaired) electrons. The summed E-state index contributed by atoms with van der Waals surface area (Å²) in [5.74, 6) is -0.437. The molecule has 138 valence electrons. The van der Waals surface area contributed by atoms with Gasteiger partial charge in [0.1, 0.15) is 6.04 Å². The van der Waals surface area contributed by atoms with Crippen LogP contribution in [0.1, 0.15) is 30.1 Å². The highest BCUT2D eigenvalue weighted by molar-refractivity contribution is 6.30. The van der Waals surface area contributed by atoms with Crippen molar-refractivity contribution in [1.82, 2.24) is 0 Å². The van der Waals surface area contributed by atoms with Crippen LogP contribution in [0.25, 0.3) is 0 Å². The summed E-state index contributed by atoms with van der Waals surface area (Å²) in [6.45, 7) is 2.36. The van der Waals surface area contributed by atoms with E-state index in [9.17, 15) is 14.4 Å². The Morgan fingerprint density at radius 1 is 1.15 bits per heavy atom. The van der Waals surface area contributed by atoms with Crippen LogP contribution in [-0.4, -0.2) is 30.3 Å². The molecule has 6 nitrogen and oxygen atoms in total. The highest BCUT2D eigenvalue weighted by Crippen LogP contribution is 2.41. The summed E-state index contributed by atoms with van der Waals surface area (Å²) in [7, 11) is 0. The molecule has 0 aliphatic carbocycles. The van der Waals surface area contributed by atoms with Crippen LogP contribution in [0.5, 0.6) is 0 Å². The van der Waals surface area contributed by atoms with E-state index < -0.39 is 6.04 Å². The van der Waals surface area contributed by atoms with E-state index >= 15 is 0 Å². The van der Waals surface area contributed by atoms with Gasteiger partial charge in [0.05, 0.1) is 11.4 Å². The molecule has 2 aromatic carbocycles. The number of nitrogens with one attached hydrogen (secondary N) is 1. The standard InChI is InChI=1S/C20H18ClN3O3/c1-2-23-17-11-12(19(26)22-14-6-4-13(21)5-7-14)3-8-15(17)24-16(20(23)27)9-10-18(24)25/h3-8,11,16H,2,9-10H2,1H3,(H,22,26)/t16-/m0/s1. The van der Waals surface area contributed by atoms with E-state index in [1.54, 1.807) is 52.3 Å². The molecule has 7 heteroatoms. The number of amides is 3. The van der Waals surface area contributed by atoms with Crippen LogP contribution in [0.4, 0.5) is 17.1 Å². The first kappa shape index (κ1) is 17.5. The first-order chi connectivity index (χ1) is 13.0. The van der Waals surface area contributed by atoms with Gasteiger partial charge in [0.2, 0.25) is 11.8 Å². The molecule has 1 fully saturated rings. The summed E-state index contributed by atoms with van der Waals surface area (Å²) < 4.78 is 0. The van der Waals surface area contributed by atoms with Crippen molar-refractivity contribution in [1.29, 1.82) is 0 Å². The number of anilines is 3. The maximum Gasteiger partial charge on any atom is 0.255 e. The molecule has 0 bridgehead atoms. The highest BCUT2D eigenvalue weighted by atomic mass is 35.5. The second-order valence-corrected chi connectivity index (χ2v) is 7.00. The van der Waals surface area contributed by atoms with E-state index in [2.05, 4.69) is 5.32 Å². The first-order valence-electron chi connectivity index (χ1n) is 8.84. The van der Waals surface area contributed by atoms with E-state index in [1.807, 2.05) is 6.92 Å². The Bertz CT molecular complexity index is 942. The number of fused-ring (bicyclic) bond motifs is 3. The van der Waals surface area contributed by atoms with E-state index in [-0.39, 0.29) is 17.7 Å². The summed E-state index contributed by atoms with van der Waals surface area (Å²) in [5, 5.41) is 3.40. The van der Waals surface area contributed by atoms with Crippen LogP contribution in [0.15, 0.2) is 42.5 Å². The molecule has 0 saturated carbocycles. The smallest absolute Gasteiger partial charge is 0.255 e. The Morgan fingerprint density at radius 3 is 2.59 bits per heavy atom. The third kappa shape index (κ3) is 2.96. The zero-order chi connectivity index (χ0) is 19.1. The van der Waals surface area contributed by atoms with Crippen molar-refractivity contribution in [2.45, 2.75) is 25.8 Å². The lowest BCUT2D eigenvalue weighted by Gasteiger charge is -2.38. The van der Waals surface area contributed by atoms with Crippen LogP contribution in [0, 0.1) is 0 Å². The van der Waals surface area contributed by atoms with E-state index in [4.69, 9.17) is 11.6 Å². The largest absolute Gasteiger partial charge is 0.322 e. The predicted octanol–water partition coefficient (Wildman–Crippen LogP) is 3.45. The fourth-order valence-electron chi connectivity index (χ4n) is 3.67. The van der Waals surface area contributed by atoms with E-state index in [0.29, 0.717) is 47.0 Å². The number of hydrogen-bond acceptors (Lipinski definition) is 3. The average molecular weight is 384 g/mol. The summed E-state index contributed by atoms with van der Waals surface area (Å²) >= 11 is 5.86. The molecule has 0 spiro atoms. The molecule has 0 aromatic heterocycles. The van der Waals surface area contributed by atoms with Crippen molar-refractivity contribution >= 4 is 46.4 Å². The van der Waals surface area contributed by atoms with Crippen molar-refractivity contribution in [3.63, 3.8) is 0 Å². The van der Waals surface area contributed by atoms with Gasteiger partial charge in [0.15, 0.2) is 0 Å². The van der Waals surface area contributed by atoms with Crippen LogP contribution >= 0.6 is 11.6 Å². The number of carbonyl (C=O) groups is 3. The van der Waals surface area contributed by atoms with Gasteiger partial charge in [-0.05, 0) is 55.8 Å². The number of hydrogen-bond donors (Lipinski definition) is 1. The average Bonchev–Trinajstić information content (AvgIpc) is 3.06. The summed E-state index contributed by atoms with van der Waals surface area (Å²) in [4.78, 5) is 40.9. The number of halogens is 1. The lowest BCUT2D eigenvalue weighted by Crippen LogP contribution is -2.51. The highest BCUT2D eigenvalue weighted by Gasteiger charge is 2.44. The summed E-state index contributed by atoms with van der Waals surface area (Å²) in [6, 6.07) is 11.5. The number of benzene rings is 2. The van der Waals surface area contributed by atoms with E-state index in [1.165, 1.54) is 0 Å². The SMILES string of the molecule is CCN1C(=O)[C@@H]2CCC(=O)N2c2ccc(C(=O)Nc3ccc(Cl)cc3)cc21. The van der Waals surface area contributed by atoms with Crippen molar-refractivity contribution in [3.8, 4) is 0 Å². The molecule has 3 amide bonds. The lowest BCUT2D eigenvalue weighted by atomic mass is 10.0. The minimum atomic E-state index is -0.432. The number of likely N-dealkylation sites (N-methyl/N-ethyl adjacent to an activating group) is 1. The lowest BCUT2D eigenvalue weighted by molar-refractivity contribution is -0.122. The second kappa shape index (κ2) is 6.70. The molecule has 2 heterocycles. The molecular weight excluding hydrogens is 366 g/mol. The quantitative estimate of drug-likeness (QED) is 0.882. The Labute approximate surface area is 161 Å². The minimum absolute atomic E-state index is 0.0521. The molecule has 2 aliphatic rings. The molecular formula is C20H18ClN3O3. The zero-order valence-electron chi connectivity index (χ0n) is 14.7. The summed E-state index contributed by atoms with van der Waals surface area (Å²) in [6.07, 6.45) is 0.901. The molecule has 2 aromatic rings. The van der Waals surface area contributed by atoms with Gasteiger partial charge in [-0.1, -0.05) is 11.6 Å². The molecule has 4 rings (SSSR count). The van der Waals surface area contributed by atoms with Crippen LogP contribution in [0.2, 0.25) is 5.02 Å². The fraction of sp³-hybridized carbons (Fsp3) is 0.250. The van der Waals surface area contributed by atoms with Crippen molar-refractivity contribution in [2.75, 3.05) is 21.7 Å². The normalized spacial score (nSPS) is 18.4. The van der Waals surface area contributed by atoms with Crippen LogP contribution in [-0.2, 0) is 9.59 Å².